The Morgan fingerprint density at radius 3 is 2.18 bits per heavy atom. The van der Waals surface area contributed by atoms with Crippen molar-refractivity contribution in [3.8, 4) is 11.1 Å². The minimum absolute atomic E-state index is 0.950. The van der Waals surface area contributed by atoms with Crippen LogP contribution >= 0.6 is 0 Å². The molecule has 0 N–H and O–H groups in total. The SMILES string of the molecule is C[si-]1c2cc(N(c3ccccc3)c3ccccc3-c3ccc4ccccc4c3)ccc2c2c3oc4ccccc4c3ccc21. The molecular formula is C41H28NOSi-. The van der Waals surface area contributed by atoms with E-state index in [4.69, 9.17) is 4.42 Å². The molecule has 0 atom stereocenters. The third-order valence-corrected chi connectivity index (χ3v) is 11.6. The van der Waals surface area contributed by atoms with E-state index in [-0.39, 0.29) is 0 Å². The van der Waals surface area contributed by atoms with Gasteiger partial charge in [0, 0.05) is 27.7 Å². The lowest BCUT2D eigenvalue weighted by Crippen LogP contribution is -2.11. The summed E-state index contributed by atoms with van der Waals surface area (Å²) in [5.74, 6) is 0. The number of fused-ring (bicyclic) bond motifs is 8. The lowest BCUT2D eigenvalue weighted by atomic mass is 9.98. The molecule has 9 aromatic rings. The Bertz CT molecular complexity index is 2520. The number of benzene rings is 7. The molecule has 0 saturated heterocycles. The summed E-state index contributed by atoms with van der Waals surface area (Å²) in [6.45, 7) is 2.42. The minimum Gasteiger partial charge on any atom is -0.456 e. The van der Waals surface area contributed by atoms with Crippen LogP contribution in [0.2, 0.25) is 0 Å². The predicted molar refractivity (Wildman–Crippen MR) is 189 cm³/mol. The molecule has 2 nitrogen and oxygen atoms in total. The summed E-state index contributed by atoms with van der Waals surface area (Å²) in [6, 6.07) is 54.9. The van der Waals surface area contributed by atoms with E-state index in [1.807, 2.05) is 6.07 Å². The van der Waals surface area contributed by atoms with E-state index in [1.165, 1.54) is 59.1 Å². The van der Waals surface area contributed by atoms with Crippen molar-refractivity contribution in [2.24, 2.45) is 6.55 Å². The quantitative estimate of drug-likeness (QED) is 0.193. The Labute approximate surface area is 256 Å². The highest BCUT2D eigenvalue weighted by atomic mass is 28.2. The highest BCUT2D eigenvalue weighted by molar-refractivity contribution is 6.77. The van der Waals surface area contributed by atoms with Gasteiger partial charge in [0.25, 0.3) is 0 Å². The van der Waals surface area contributed by atoms with Gasteiger partial charge in [0.15, 0.2) is 0 Å². The Kier molecular flexibility index (Phi) is 5.62. The van der Waals surface area contributed by atoms with Crippen LogP contribution in [0, 0.1) is 0 Å². The van der Waals surface area contributed by atoms with E-state index in [2.05, 4.69) is 157 Å². The van der Waals surface area contributed by atoms with Gasteiger partial charge in [0.05, 0.1) is 5.69 Å². The second-order valence-corrected chi connectivity index (χ2v) is 13.9. The van der Waals surface area contributed by atoms with E-state index >= 15 is 0 Å². The summed E-state index contributed by atoms with van der Waals surface area (Å²) < 4.78 is 6.52. The molecule has 0 spiro atoms. The first-order valence-corrected chi connectivity index (χ1v) is 17.1. The molecule has 9 rings (SSSR count). The van der Waals surface area contributed by atoms with Gasteiger partial charge < -0.3 is 9.32 Å². The second-order valence-electron chi connectivity index (χ2n) is 11.6. The van der Waals surface area contributed by atoms with Gasteiger partial charge in [0.2, 0.25) is 0 Å². The number of hydrogen-bond acceptors (Lipinski definition) is 2. The number of rotatable bonds is 4. The lowest BCUT2D eigenvalue weighted by molar-refractivity contribution is 0.673. The Hall–Kier alpha value is -5.38. The first-order valence-electron chi connectivity index (χ1n) is 15.1. The van der Waals surface area contributed by atoms with Crippen molar-refractivity contribution in [3.63, 3.8) is 0 Å². The number of para-hydroxylation sites is 3. The first-order chi connectivity index (χ1) is 21.7. The molecule has 2 aromatic heterocycles. The maximum atomic E-state index is 6.52. The van der Waals surface area contributed by atoms with E-state index < -0.39 is 8.40 Å². The molecule has 2 heterocycles. The topological polar surface area (TPSA) is 16.4 Å². The zero-order valence-electron chi connectivity index (χ0n) is 24.3. The second kappa shape index (κ2) is 9.83. The van der Waals surface area contributed by atoms with Crippen LogP contribution in [0.3, 0.4) is 0 Å². The fourth-order valence-corrected chi connectivity index (χ4v) is 9.21. The molecule has 0 saturated carbocycles. The molecule has 0 bridgehead atoms. The van der Waals surface area contributed by atoms with Crippen molar-refractivity contribution >= 4 is 78.9 Å². The Balaban J connectivity index is 1.28. The molecule has 0 aliphatic rings. The van der Waals surface area contributed by atoms with Gasteiger partial charge in [-0.05, 0) is 63.5 Å². The third kappa shape index (κ3) is 3.80. The summed E-state index contributed by atoms with van der Waals surface area (Å²) in [5.41, 5.74) is 7.85. The van der Waals surface area contributed by atoms with Crippen LogP contribution in [0.25, 0.3) is 64.6 Å². The van der Waals surface area contributed by atoms with Gasteiger partial charge in [-0.15, -0.1) is 0 Å². The van der Waals surface area contributed by atoms with Crippen molar-refractivity contribution in [2.45, 2.75) is 0 Å². The predicted octanol–water partition coefficient (Wildman–Crippen LogP) is 11.5. The van der Waals surface area contributed by atoms with Crippen LogP contribution in [0.5, 0.6) is 0 Å². The zero-order chi connectivity index (χ0) is 29.2. The normalized spacial score (nSPS) is 11.8. The fourth-order valence-electron chi connectivity index (χ4n) is 6.99. The molecule has 7 aromatic carbocycles. The molecule has 0 aliphatic carbocycles. The molecule has 0 aliphatic heterocycles. The zero-order valence-corrected chi connectivity index (χ0v) is 25.3. The van der Waals surface area contributed by atoms with Gasteiger partial charge in [-0.3, -0.25) is 8.40 Å². The number of hydrogen-bond donors (Lipinski definition) is 0. The molecule has 0 fully saturated rings. The third-order valence-electron chi connectivity index (χ3n) is 9.11. The maximum absolute atomic E-state index is 6.52. The van der Waals surface area contributed by atoms with Crippen molar-refractivity contribution in [3.05, 3.63) is 152 Å². The molecule has 0 amide bonds. The summed E-state index contributed by atoms with van der Waals surface area (Å²) in [4.78, 5) is 5.27. The minimum atomic E-state index is -0.988. The van der Waals surface area contributed by atoms with Crippen LogP contribution in [0.15, 0.2) is 156 Å². The van der Waals surface area contributed by atoms with Crippen LogP contribution in [-0.2, 0) is 6.55 Å². The van der Waals surface area contributed by atoms with Gasteiger partial charge in [0.1, 0.15) is 11.2 Å². The van der Waals surface area contributed by atoms with Crippen molar-refractivity contribution in [1.82, 2.24) is 0 Å². The van der Waals surface area contributed by atoms with Gasteiger partial charge in [-0.25, -0.2) is 0 Å². The van der Waals surface area contributed by atoms with Crippen molar-refractivity contribution < 1.29 is 4.42 Å². The average Bonchev–Trinajstić information content (AvgIpc) is 3.60. The van der Waals surface area contributed by atoms with E-state index in [0.29, 0.717) is 0 Å². The average molecular weight is 579 g/mol. The Morgan fingerprint density at radius 2 is 1.27 bits per heavy atom. The highest BCUT2D eigenvalue weighted by Crippen LogP contribution is 2.44. The maximum Gasteiger partial charge on any atom is 0.140 e. The standard InChI is InChI=1S/C41H28NOSi/c1-44-38-24-23-34-33-16-8-10-18-37(33)43-41(34)40(38)35-22-21-31(26-39(35)44)42(30-13-3-2-4-14-30)36-17-9-7-15-32(36)29-20-19-27-11-5-6-12-28(27)25-29/h2-26H,1H3/q-1. The largest absolute Gasteiger partial charge is 0.456 e. The van der Waals surface area contributed by atoms with Crippen LogP contribution < -0.4 is 4.90 Å². The van der Waals surface area contributed by atoms with E-state index in [0.717, 1.165) is 22.5 Å². The highest BCUT2D eigenvalue weighted by Gasteiger charge is 2.18. The summed E-state index contributed by atoms with van der Waals surface area (Å²) in [5, 5.41) is 7.46. The number of furan rings is 1. The van der Waals surface area contributed by atoms with Crippen LogP contribution in [0.4, 0.5) is 17.1 Å². The molecule has 208 valence electrons. The van der Waals surface area contributed by atoms with Crippen LogP contribution in [-0.4, -0.2) is 8.40 Å². The van der Waals surface area contributed by atoms with Crippen molar-refractivity contribution in [2.75, 3.05) is 4.90 Å². The molecular weight excluding hydrogens is 551 g/mol. The fraction of sp³-hybridized carbons (Fsp3) is 0.0244. The number of nitrogens with zero attached hydrogens (tertiary/aromatic N) is 1. The lowest BCUT2D eigenvalue weighted by Gasteiger charge is -2.28. The molecule has 3 heteroatoms. The summed E-state index contributed by atoms with van der Waals surface area (Å²) >= 11 is 0. The monoisotopic (exact) mass is 578 g/mol. The van der Waals surface area contributed by atoms with Gasteiger partial charge >= 0.3 is 0 Å². The van der Waals surface area contributed by atoms with Crippen molar-refractivity contribution in [1.29, 1.82) is 0 Å². The summed E-state index contributed by atoms with van der Waals surface area (Å²) in [7, 11) is -0.988. The van der Waals surface area contributed by atoms with Gasteiger partial charge in [-0.1, -0.05) is 115 Å². The van der Waals surface area contributed by atoms with Gasteiger partial charge in [-0.2, -0.15) is 16.5 Å². The first kappa shape index (κ1) is 25.1. The molecule has 0 radical (unpaired) electrons. The van der Waals surface area contributed by atoms with Crippen LogP contribution in [0.1, 0.15) is 0 Å². The smallest absolute Gasteiger partial charge is 0.140 e. The number of anilines is 3. The van der Waals surface area contributed by atoms with E-state index in [9.17, 15) is 0 Å². The molecule has 0 unspecified atom stereocenters. The van der Waals surface area contributed by atoms with E-state index in [1.54, 1.807) is 0 Å². The molecule has 44 heavy (non-hydrogen) atoms. The number of aryl methyl sites for hydroxylation is 1. The summed E-state index contributed by atoms with van der Waals surface area (Å²) in [6.07, 6.45) is 0. The Morgan fingerprint density at radius 1 is 0.523 bits per heavy atom.